The van der Waals surface area contributed by atoms with Crippen molar-refractivity contribution in [3.63, 3.8) is 0 Å². The topological polar surface area (TPSA) is 46.5 Å². The van der Waals surface area contributed by atoms with Gasteiger partial charge >= 0.3 is 5.97 Å². The number of carbonyl (C=O) groups is 1. The fourth-order valence-corrected chi connectivity index (χ4v) is 1.25. The van der Waals surface area contributed by atoms with Gasteiger partial charge in [-0.3, -0.25) is 4.79 Å². The van der Waals surface area contributed by atoms with Crippen molar-refractivity contribution in [3.8, 4) is 5.75 Å². The number of hydrogen-bond acceptors (Lipinski definition) is 2. The summed E-state index contributed by atoms with van der Waals surface area (Å²) in [6, 6.07) is 7.08. The maximum atomic E-state index is 11.0. The van der Waals surface area contributed by atoms with Crippen LogP contribution in [-0.4, -0.2) is 17.7 Å². The zero-order valence-corrected chi connectivity index (χ0v) is 9.56. The first-order chi connectivity index (χ1) is 7.48. The van der Waals surface area contributed by atoms with Crippen LogP contribution in [0.1, 0.15) is 19.4 Å². The van der Waals surface area contributed by atoms with Gasteiger partial charge in [-0.05, 0) is 31.5 Å². The van der Waals surface area contributed by atoms with Crippen molar-refractivity contribution in [1.82, 2.24) is 0 Å². The van der Waals surface area contributed by atoms with Crippen molar-refractivity contribution >= 4 is 5.97 Å². The molecule has 0 radical (unpaired) electrons. The number of aliphatic carboxylic acids is 1. The number of hydrogen-bond donors (Lipinski definition) is 1. The predicted molar refractivity (Wildman–Crippen MR) is 62.8 cm³/mol. The number of benzene rings is 1. The molecule has 0 amide bonds. The minimum atomic E-state index is -0.878. The van der Waals surface area contributed by atoms with Crippen LogP contribution in [0.5, 0.6) is 5.75 Å². The van der Waals surface area contributed by atoms with Crippen LogP contribution in [0.3, 0.4) is 0 Å². The zero-order chi connectivity index (χ0) is 12.2. The molecule has 86 valence electrons. The van der Waals surface area contributed by atoms with Crippen molar-refractivity contribution in [2.24, 2.45) is 0 Å². The van der Waals surface area contributed by atoms with E-state index >= 15 is 0 Å². The second-order valence-electron chi connectivity index (χ2n) is 4.05. The largest absolute Gasteiger partial charge is 0.490 e. The Labute approximate surface area is 95.4 Å². The second kappa shape index (κ2) is 4.84. The Hall–Kier alpha value is -1.77. The Kier molecular flexibility index (Phi) is 3.72. The smallest absolute Gasteiger partial charge is 0.313 e. The Bertz CT molecular complexity index is 377. The van der Waals surface area contributed by atoms with E-state index in [4.69, 9.17) is 9.84 Å². The number of carboxylic acid groups (broad SMARTS) is 1. The summed E-state index contributed by atoms with van der Waals surface area (Å²) in [4.78, 5) is 11.0. The van der Waals surface area contributed by atoms with Gasteiger partial charge in [0.05, 0.1) is 5.41 Å². The fraction of sp³-hybridized carbons (Fsp3) is 0.308. The molecule has 0 heterocycles. The normalized spacial score (nSPS) is 10.9. The molecule has 0 saturated carbocycles. The Morgan fingerprint density at radius 3 is 2.44 bits per heavy atom. The lowest BCUT2D eigenvalue weighted by Crippen LogP contribution is -2.28. The first-order valence-corrected chi connectivity index (χ1v) is 5.06. The Morgan fingerprint density at radius 1 is 1.44 bits per heavy atom. The van der Waals surface area contributed by atoms with E-state index in [1.807, 2.05) is 0 Å². The molecule has 16 heavy (non-hydrogen) atoms. The van der Waals surface area contributed by atoms with Gasteiger partial charge in [0.2, 0.25) is 0 Å². The van der Waals surface area contributed by atoms with Crippen LogP contribution in [0, 0.1) is 0 Å². The number of carboxylic acids is 1. The maximum Gasteiger partial charge on any atom is 0.313 e. The highest BCUT2D eigenvalue weighted by molar-refractivity contribution is 5.80. The van der Waals surface area contributed by atoms with E-state index in [0.29, 0.717) is 12.4 Å². The average Bonchev–Trinajstić information content (AvgIpc) is 2.26. The molecule has 1 rings (SSSR count). The molecule has 0 saturated heterocycles. The molecule has 0 fully saturated rings. The molecule has 0 unspecified atom stereocenters. The molecule has 0 atom stereocenters. The number of rotatable bonds is 5. The van der Waals surface area contributed by atoms with E-state index in [2.05, 4.69) is 6.58 Å². The monoisotopic (exact) mass is 220 g/mol. The van der Waals surface area contributed by atoms with Crippen molar-refractivity contribution < 1.29 is 14.6 Å². The molecule has 0 bridgehead atoms. The molecule has 0 aliphatic rings. The van der Waals surface area contributed by atoms with E-state index in [9.17, 15) is 4.79 Å². The lowest BCUT2D eigenvalue weighted by atomic mass is 9.85. The van der Waals surface area contributed by atoms with Crippen molar-refractivity contribution in [1.29, 1.82) is 0 Å². The lowest BCUT2D eigenvalue weighted by molar-refractivity contribution is -0.142. The van der Waals surface area contributed by atoms with E-state index < -0.39 is 11.4 Å². The minimum absolute atomic E-state index is 0.446. The SMILES string of the molecule is C=CCOc1ccc(C(C)(C)C(=O)O)cc1. The van der Waals surface area contributed by atoms with Gasteiger partial charge in [-0.2, -0.15) is 0 Å². The van der Waals surface area contributed by atoms with Gasteiger partial charge in [0.1, 0.15) is 12.4 Å². The standard InChI is InChI=1S/C13H16O3/c1-4-9-16-11-7-5-10(6-8-11)13(2,3)12(14)15/h4-8H,1,9H2,2-3H3,(H,14,15). The molecular formula is C13H16O3. The van der Waals surface area contributed by atoms with E-state index in [1.54, 1.807) is 44.2 Å². The van der Waals surface area contributed by atoms with Crippen LogP contribution in [0.4, 0.5) is 0 Å². The number of ether oxygens (including phenoxy) is 1. The van der Waals surface area contributed by atoms with Gasteiger partial charge in [0.15, 0.2) is 0 Å². The minimum Gasteiger partial charge on any atom is -0.490 e. The van der Waals surface area contributed by atoms with Crippen molar-refractivity contribution in [3.05, 3.63) is 42.5 Å². The zero-order valence-electron chi connectivity index (χ0n) is 9.56. The van der Waals surface area contributed by atoms with Gasteiger partial charge in [-0.1, -0.05) is 24.8 Å². The molecular weight excluding hydrogens is 204 g/mol. The molecule has 1 aromatic rings. The fourth-order valence-electron chi connectivity index (χ4n) is 1.25. The second-order valence-corrected chi connectivity index (χ2v) is 4.05. The van der Waals surface area contributed by atoms with Crippen molar-refractivity contribution in [2.45, 2.75) is 19.3 Å². The summed E-state index contributed by atoms with van der Waals surface area (Å²) >= 11 is 0. The average molecular weight is 220 g/mol. The third-order valence-electron chi connectivity index (χ3n) is 2.48. The first-order valence-electron chi connectivity index (χ1n) is 5.06. The summed E-state index contributed by atoms with van der Waals surface area (Å²) in [5, 5.41) is 9.06. The summed E-state index contributed by atoms with van der Waals surface area (Å²) in [7, 11) is 0. The lowest BCUT2D eigenvalue weighted by Gasteiger charge is -2.19. The van der Waals surface area contributed by atoms with Gasteiger partial charge < -0.3 is 9.84 Å². The molecule has 3 nitrogen and oxygen atoms in total. The van der Waals surface area contributed by atoms with Crippen LogP contribution in [0.2, 0.25) is 0 Å². The van der Waals surface area contributed by atoms with Crippen LogP contribution < -0.4 is 4.74 Å². The molecule has 0 aliphatic carbocycles. The summed E-state index contributed by atoms with van der Waals surface area (Å²) in [6.45, 7) is 7.35. The van der Waals surface area contributed by atoms with Gasteiger partial charge in [-0.15, -0.1) is 0 Å². The van der Waals surface area contributed by atoms with E-state index in [0.717, 1.165) is 5.56 Å². The van der Waals surface area contributed by atoms with Crippen LogP contribution in [-0.2, 0) is 10.2 Å². The highest BCUT2D eigenvalue weighted by Crippen LogP contribution is 2.25. The summed E-state index contributed by atoms with van der Waals surface area (Å²) in [5.74, 6) is -0.128. The van der Waals surface area contributed by atoms with Crippen molar-refractivity contribution in [2.75, 3.05) is 6.61 Å². The third kappa shape index (κ3) is 2.63. The summed E-state index contributed by atoms with van der Waals surface area (Å²) in [6.07, 6.45) is 1.66. The molecule has 1 aromatic carbocycles. The van der Waals surface area contributed by atoms with E-state index in [1.165, 1.54) is 0 Å². The molecule has 1 N–H and O–H groups in total. The summed E-state index contributed by atoms with van der Waals surface area (Å²) in [5.41, 5.74) is -0.122. The van der Waals surface area contributed by atoms with E-state index in [-0.39, 0.29) is 0 Å². The Morgan fingerprint density at radius 2 is 2.00 bits per heavy atom. The van der Waals surface area contributed by atoms with Gasteiger partial charge in [0.25, 0.3) is 0 Å². The quantitative estimate of drug-likeness (QED) is 0.776. The molecule has 0 spiro atoms. The van der Waals surface area contributed by atoms with Gasteiger partial charge in [-0.25, -0.2) is 0 Å². The highest BCUT2D eigenvalue weighted by Gasteiger charge is 2.29. The first kappa shape index (κ1) is 12.3. The van der Waals surface area contributed by atoms with Gasteiger partial charge in [0, 0.05) is 0 Å². The highest BCUT2D eigenvalue weighted by atomic mass is 16.5. The maximum absolute atomic E-state index is 11.0. The van der Waals surface area contributed by atoms with Crippen LogP contribution in [0.15, 0.2) is 36.9 Å². The Balaban J connectivity index is 2.86. The summed E-state index contributed by atoms with van der Waals surface area (Å²) < 4.78 is 5.32. The van der Waals surface area contributed by atoms with Crippen LogP contribution >= 0.6 is 0 Å². The van der Waals surface area contributed by atoms with Crippen LogP contribution in [0.25, 0.3) is 0 Å². The third-order valence-corrected chi connectivity index (χ3v) is 2.48. The molecule has 3 heteroatoms. The molecule has 0 aliphatic heterocycles. The molecule has 0 aromatic heterocycles. The predicted octanol–water partition coefficient (Wildman–Crippen LogP) is 2.61.